The molecule has 0 radical (unpaired) electrons. The van der Waals surface area contributed by atoms with Crippen LogP contribution in [-0.4, -0.2) is 46.8 Å². The second-order valence-corrected chi connectivity index (χ2v) is 11.5. The van der Waals surface area contributed by atoms with E-state index in [-0.39, 0.29) is 22.6 Å². The number of amides is 1. The number of carbonyl (C=O) groups is 1. The molecule has 1 N–H and O–H groups in total. The molecule has 4 rings (SSSR count). The molecule has 3 aromatic heterocycles. The lowest BCUT2D eigenvalue weighted by molar-refractivity contribution is -0.126. The summed E-state index contributed by atoms with van der Waals surface area (Å²) < 4.78 is 33.3. The van der Waals surface area contributed by atoms with E-state index in [0.717, 1.165) is 5.69 Å². The zero-order valence-corrected chi connectivity index (χ0v) is 20.4. The Morgan fingerprint density at radius 3 is 2.70 bits per heavy atom. The summed E-state index contributed by atoms with van der Waals surface area (Å²) in [4.78, 5) is 22.7. The van der Waals surface area contributed by atoms with Crippen molar-refractivity contribution >= 4 is 27.3 Å². The molecule has 1 saturated heterocycles. The number of nitrogens with zero attached hydrogens (tertiary/aromatic N) is 4. The molecule has 0 spiro atoms. The molecule has 0 unspecified atom stereocenters. The fourth-order valence-electron chi connectivity index (χ4n) is 3.72. The highest BCUT2D eigenvalue weighted by molar-refractivity contribution is 7.89. The number of hydrogen-bond donors (Lipinski definition) is 1. The lowest BCUT2D eigenvalue weighted by Crippen LogP contribution is -2.42. The van der Waals surface area contributed by atoms with Gasteiger partial charge in [-0.2, -0.15) is 9.29 Å². The van der Waals surface area contributed by atoms with Crippen LogP contribution in [0.4, 0.5) is 0 Å². The Balaban J connectivity index is 1.39. The van der Waals surface area contributed by atoms with Crippen molar-refractivity contribution in [3.05, 3.63) is 46.9 Å². The molecule has 1 aliphatic heterocycles. The molecule has 1 fully saturated rings. The number of nitrogens with one attached hydrogen (secondary N) is 1. The largest absolute Gasteiger partial charge is 0.350 e. The highest BCUT2D eigenvalue weighted by atomic mass is 32.2. The van der Waals surface area contributed by atoms with Crippen LogP contribution in [0.3, 0.4) is 0 Å². The number of piperidine rings is 1. The number of thiophene rings is 1. The predicted molar refractivity (Wildman–Crippen MR) is 124 cm³/mol. The zero-order chi connectivity index (χ0) is 23.6. The number of aromatic nitrogens is 3. The maximum Gasteiger partial charge on any atom is 0.244 e. The molecule has 9 nitrogen and oxygen atoms in total. The number of sulfonamides is 1. The summed E-state index contributed by atoms with van der Waals surface area (Å²) in [6.45, 7) is 6.65. The first-order chi connectivity index (χ1) is 15.8. The van der Waals surface area contributed by atoms with Gasteiger partial charge in [0.2, 0.25) is 27.6 Å². The Hall–Kier alpha value is -2.63. The van der Waals surface area contributed by atoms with Crippen LogP contribution >= 0.6 is 11.3 Å². The zero-order valence-electron chi connectivity index (χ0n) is 18.8. The van der Waals surface area contributed by atoms with Gasteiger partial charge in [-0.05, 0) is 38.0 Å². The fourth-order valence-corrected chi connectivity index (χ4v) is 6.68. The average Bonchev–Trinajstić information content (AvgIpc) is 3.46. The summed E-state index contributed by atoms with van der Waals surface area (Å²) in [6, 6.07) is 7.17. The van der Waals surface area contributed by atoms with Crippen LogP contribution in [-0.2, 0) is 21.4 Å². The summed E-state index contributed by atoms with van der Waals surface area (Å²) in [5.74, 6) is 0.733. The van der Waals surface area contributed by atoms with Crippen molar-refractivity contribution in [1.82, 2.24) is 24.7 Å². The third-order valence-corrected chi connectivity index (χ3v) is 8.84. The number of carbonyl (C=O) groups excluding carboxylic acids is 1. The molecule has 1 aliphatic rings. The van der Waals surface area contributed by atoms with Crippen LogP contribution < -0.4 is 5.32 Å². The van der Waals surface area contributed by atoms with Gasteiger partial charge < -0.3 is 9.84 Å². The van der Waals surface area contributed by atoms with Crippen LogP contribution in [0.1, 0.15) is 49.1 Å². The molecule has 33 heavy (non-hydrogen) atoms. The molecule has 176 valence electrons. The maximum absolute atomic E-state index is 13.3. The molecule has 0 atom stereocenters. The van der Waals surface area contributed by atoms with Crippen molar-refractivity contribution < 1.29 is 17.7 Å². The van der Waals surface area contributed by atoms with Crippen LogP contribution in [0.15, 0.2) is 39.9 Å². The van der Waals surface area contributed by atoms with Gasteiger partial charge in [-0.25, -0.2) is 8.42 Å². The van der Waals surface area contributed by atoms with Crippen molar-refractivity contribution in [2.45, 2.75) is 51.0 Å². The third kappa shape index (κ3) is 5.15. The minimum absolute atomic E-state index is 0.0650. The molecule has 0 aromatic carbocycles. The summed E-state index contributed by atoms with van der Waals surface area (Å²) >= 11 is 1.33. The van der Waals surface area contributed by atoms with E-state index >= 15 is 0 Å². The van der Waals surface area contributed by atoms with Gasteiger partial charge in [-0.3, -0.25) is 9.78 Å². The molecule has 4 heterocycles. The Bertz CT molecular complexity index is 1210. The monoisotopic (exact) mass is 489 g/mol. The lowest BCUT2D eigenvalue weighted by Gasteiger charge is -2.30. The first-order valence-corrected chi connectivity index (χ1v) is 13.1. The SMILES string of the molecule is Cc1sc(-c2noc(C(C)C)n2)cc1S(=O)(=O)N1CCC(C(=O)NCc2ccccn2)CC1. The second-order valence-electron chi connectivity index (χ2n) is 8.36. The summed E-state index contributed by atoms with van der Waals surface area (Å²) in [5.41, 5.74) is 0.789. The van der Waals surface area contributed by atoms with E-state index in [9.17, 15) is 13.2 Å². The van der Waals surface area contributed by atoms with Gasteiger partial charge in [0, 0.05) is 36.0 Å². The van der Waals surface area contributed by atoms with Gasteiger partial charge in [0.05, 0.1) is 22.0 Å². The van der Waals surface area contributed by atoms with Gasteiger partial charge in [0.15, 0.2) is 0 Å². The van der Waals surface area contributed by atoms with Gasteiger partial charge >= 0.3 is 0 Å². The molecule has 0 bridgehead atoms. The molecule has 0 aliphatic carbocycles. The van der Waals surface area contributed by atoms with Crippen molar-refractivity contribution in [2.24, 2.45) is 5.92 Å². The third-order valence-electron chi connectivity index (χ3n) is 5.64. The first kappa shape index (κ1) is 23.5. The van der Waals surface area contributed by atoms with Gasteiger partial charge in [-0.15, -0.1) is 11.3 Å². The maximum atomic E-state index is 13.3. The van der Waals surface area contributed by atoms with E-state index in [2.05, 4.69) is 20.4 Å². The Morgan fingerprint density at radius 1 is 1.30 bits per heavy atom. The Morgan fingerprint density at radius 2 is 2.06 bits per heavy atom. The van der Waals surface area contributed by atoms with Gasteiger partial charge in [-0.1, -0.05) is 25.1 Å². The van der Waals surface area contributed by atoms with E-state index in [0.29, 0.717) is 53.9 Å². The van der Waals surface area contributed by atoms with Gasteiger partial charge in [0.25, 0.3) is 0 Å². The lowest BCUT2D eigenvalue weighted by atomic mass is 9.97. The molecular formula is C22H27N5O4S2. The van der Waals surface area contributed by atoms with Crippen LogP contribution in [0, 0.1) is 12.8 Å². The summed E-state index contributed by atoms with van der Waals surface area (Å²) in [7, 11) is -3.68. The number of aryl methyl sites for hydroxylation is 1. The van der Waals surface area contributed by atoms with Crippen molar-refractivity contribution in [3.8, 4) is 10.7 Å². The minimum Gasteiger partial charge on any atom is -0.350 e. The Kier molecular flexibility index (Phi) is 6.91. The topological polar surface area (TPSA) is 118 Å². The molecule has 3 aromatic rings. The van der Waals surface area contributed by atoms with Crippen LogP contribution in [0.5, 0.6) is 0 Å². The highest BCUT2D eigenvalue weighted by Crippen LogP contribution is 2.35. The van der Waals surface area contributed by atoms with E-state index < -0.39 is 10.0 Å². The number of pyridine rings is 1. The molecular weight excluding hydrogens is 462 g/mol. The van der Waals surface area contributed by atoms with E-state index in [1.54, 1.807) is 19.2 Å². The summed E-state index contributed by atoms with van der Waals surface area (Å²) in [6.07, 6.45) is 2.64. The number of hydrogen-bond acceptors (Lipinski definition) is 8. The second kappa shape index (κ2) is 9.70. The normalized spacial score (nSPS) is 15.8. The number of rotatable bonds is 7. The van der Waals surface area contributed by atoms with E-state index in [1.165, 1.54) is 15.6 Å². The quantitative estimate of drug-likeness (QED) is 0.541. The Labute approximate surface area is 197 Å². The van der Waals surface area contributed by atoms with Gasteiger partial charge in [0.1, 0.15) is 0 Å². The standard InChI is InChI=1S/C22H27N5O4S2/c1-14(2)22-25-20(26-31-22)18-12-19(15(3)32-18)33(29,30)27-10-7-16(8-11-27)21(28)24-13-17-6-4-5-9-23-17/h4-6,9,12,14,16H,7-8,10-11,13H2,1-3H3,(H,24,28). The molecule has 11 heteroatoms. The fraction of sp³-hybridized carbons (Fsp3) is 0.455. The van der Waals surface area contributed by atoms with Crippen molar-refractivity contribution in [1.29, 1.82) is 0 Å². The molecule has 0 saturated carbocycles. The summed E-state index contributed by atoms with van der Waals surface area (Å²) in [5, 5.41) is 6.90. The van der Waals surface area contributed by atoms with E-state index in [4.69, 9.17) is 4.52 Å². The minimum atomic E-state index is -3.68. The van der Waals surface area contributed by atoms with Crippen LogP contribution in [0.2, 0.25) is 0 Å². The first-order valence-electron chi connectivity index (χ1n) is 10.9. The highest BCUT2D eigenvalue weighted by Gasteiger charge is 2.34. The average molecular weight is 490 g/mol. The smallest absolute Gasteiger partial charge is 0.244 e. The van der Waals surface area contributed by atoms with Crippen LogP contribution in [0.25, 0.3) is 10.7 Å². The van der Waals surface area contributed by atoms with Crippen molar-refractivity contribution in [2.75, 3.05) is 13.1 Å². The molecule has 1 amide bonds. The van der Waals surface area contributed by atoms with E-state index in [1.807, 2.05) is 32.0 Å². The van der Waals surface area contributed by atoms with Crippen molar-refractivity contribution in [3.63, 3.8) is 0 Å². The predicted octanol–water partition coefficient (Wildman–Crippen LogP) is 3.34.